The summed E-state index contributed by atoms with van der Waals surface area (Å²) in [7, 11) is 0. The minimum atomic E-state index is 0.186. The number of benzene rings is 1. The Kier molecular flexibility index (Phi) is 5.34. The molecule has 1 heterocycles. The summed E-state index contributed by atoms with van der Waals surface area (Å²) in [5.41, 5.74) is 7.41. The minimum Gasteiger partial charge on any atom is -0.352 e. The van der Waals surface area contributed by atoms with Crippen LogP contribution in [0.15, 0.2) is 30.3 Å². The summed E-state index contributed by atoms with van der Waals surface area (Å²) in [5, 5.41) is 3.24. The lowest BCUT2D eigenvalue weighted by Crippen LogP contribution is -2.39. The topological polar surface area (TPSA) is 58.4 Å². The Bertz CT molecular complexity index is 519. The van der Waals surface area contributed by atoms with Gasteiger partial charge in [0.25, 0.3) is 0 Å². The third-order valence-corrected chi connectivity index (χ3v) is 5.46. The molecule has 1 aromatic carbocycles. The van der Waals surface area contributed by atoms with Crippen molar-refractivity contribution in [3.05, 3.63) is 35.9 Å². The molecule has 0 radical (unpaired) electrons. The predicted molar refractivity (Wildman–Crippen MR) is 92.8 cm³/mol. The van der Waals surface area contributed by atoms with Crippen molar-refractivity contribution in [3.8, 4) is 0 Å². The fraction of sp³-hybridized carbons (Fsp3) is 0.632. The van der Waals surface area contributed by atoms with Crippen LogP contribution in [0.5, 0.6) is 0 Å². The van der Waals surface area contributed by atoms with Gasteiger partial charge in [-0.2, -0.15) is 0 Å². The molecule has 0 bridgehead atoms. The number of hydrogen-bond donors (Lipinski definition) is 2. The summed E-state index contributed by atoms with van der Waals surface area (Å²) in [6, 6.07) is 11.6. The molecule has 0 spiro atoms. The van der Waals surface area contributed by atoms with Crippen molar-refractivity contribution in [2.75, 3.05) is 6.54 Å². The fourth-order valence-corrected chi connectivity index (χ4v) is 4.08. The normalized spacial score (nSPS) is 31.4. The highest BCUT2D eigenvalue weighted by molar-refractivity contribution is 5.76. The summed E-state index contributed by atoms with van der Waals surface area (Å²) in [6.07, 6.45) is 4.99. The minimum absolute atomic E-state index is 0.186. The molecule has 23 heavy (non-hydrogen) atoms. The van der Waals surface area contributed by atoms with Gasteiger partial charge in [0.1, 0.15) is 0 Å². The van der Waals surface area contributed by atoms with Gasteiger partial charge in [0, 0.05) is 37.6 Å². The number of carbonyl (C=O) groups excluding carboxylic acids is 1. The molecule has 3 N–H and O–H groups in total. The molecule has 2 unspecified atom stereocenters. The maximum absolute atomic E-state index is 12.3. The van der Waals surface area contributed by atoms with E-state index in [4.69, 9.17) is 5.73 Å². The van der Waals surface area contributed by atoms with Gasteiger partial charge in [0.15, 0.2) is 0 Å². The second-order valence-electron chi connectivity index (χ2n) is 7.32. The van der Waals surface area contributed by atoms with E-state index in [9.17, 15) is 4.79 Å². The summed E-state index contributed by atoms with van der Waals surface area (Å²) in [5.74, 6) is 0.570. The summed E-state index contributed by atoms with van der Waals surface area (Å²) in [4.78, 5) is 14.7. The third-order valence-electron chi connectivity index (χ3n) is 5.46. The number of carbonyl (C=O) groups is 1. The highest BCUT2D eigenvalue weighted by atomic mass is 16.1. The number of amides is 1. The average molecular weight is 315 g/mol. The molecule has 126 valence electrons. The maximum Gasteiger partial charge on any atom is 0.220 e. The zero-order valence-corrected chi connectivity index (χ0v) is 14.1. The van der Waals surface area contributed by atoms with E-state index in [1.807, 2.05) is 6.07 Å². The molecule has 4 heteroatoms. The number of nitrogens with one attached hydrogen (secondary N) is 1. The van der Waals surface area contributed by atoms with E-state index in [1.165, 1.54) is 12.0 Å². The third kappa shape index (κ3) is 4.33. The molecule has 2 fully saturated rings. The van der Waals surface area contributed by atoms with Gasteiger partial charge in [-0.25, -0.2) is 0 Å². The Hall–Kier alpha value is -1.39. The fourth-order valence-electron chi connectivity index (χ4n) is 4.08. The molecular weight excluding hydrogens is 286 g/mol. The Morgan fingerprint density at radius 2 is 2.09 bits per heavy atom. The van der Waals surface area contributed by atoms with Gasteiger partial charge in [-0.3, -0.25) is 9.69 Å². The van der Waals surface area contributed by atoms with Crippen LogP contribution in [-0.4, -0.2) is 35.5 Å². The smallest absolute Gasteiger partial charge is 0.220 e. The van der Waals surface area contributed by atoms with Crippen LogP contribution in [0.25, 0.3) is 0 Å². The van der Waals surface area contributed by atoms with Crippen LogP contribution in [0, 0.1) is 5.92 Å². The molecule has 1 saturated carbocycles. The first kappa shape index (κ1) is 16.5. The van der Waals surface area contributed by atoms with Crippen molar-refractivity contribution in [1.29, 1.82) is 0 Å². The first-order valence-electron chi connectivity index (χ1n) is 8.94. The van der Waals surface area contributed by atoms with Crippen molar-refractivity contribution in [1.82, 2.24) is 10.2 Å². The molecule has 1 aliphatic carbocycles. The Labute approximate surface area is 139 Å². The SMILES string of the molecule is CC1CC(NC(=O)C[C@@H]2CCC[C@H]2N)CN1Cc1ccccc1. The quantitative estimate of drug-likeness (QED) is 0.876. The first-order valence-corrected chi connectivity index (χ1v) is 8.94. The van der Waals surface area contributed by atoms with Gasteiger partial charge in [0.05, 0.1) is 0 Å². The first-order chi connectivity index (χ1) is 11.1. The van der Waals surface area contributed by atoms with Gasteiger partial charge in [-0.05, 0) is 37.7 Å². The standard InChI is InChI=1S/C19H29N3O/c1-14-10-17(13-22(14)12-15-6-3-2-4-7-15)21-19(23)11-16-8-5-9-18(16)20/h2-4,6-7,14,16-18H,5,8-13,20H2,1H3,(H,21,23)/t14?,16-,17?,18+/m0/s1. The Balaban J connectivity index is 1.47. The molecule has 0 aromatic heterocycles. The van der Waals surface area contributed by atoms with Crippen molar-refractivity contribution < 1.29 is 4.79 Å². The van der Waals surface area contributed by atoms with Crippen molar-refractivity contribution in [2.24, 2.45) is 11.7 Å². The molecule has 1 aromatic rings. The van der Waals surface area contributed by atoms with E-state index in [0.29, 0.717) is 18.4 Å². The van der Waals surface area contributed by atoms with Crippen LogP contribution in [-0.2, 0) is 11.3 Å². The van der Waals surface area contributed by atoms with Crippen LogP contribution in [0.4, 0.5) is 0 Å². The van der Waals surface area contributed by atoms with E-state index < -0.39 is 0 Å². The Morgan fingerprint density at radius 1 is 1.30 bits per heavy atom. The molecule has 4 nitrogen and oxygen atoms in total. The van der Waals surface area contributed by atoms with Gasteiger partial charge in [0.2, 0.25) is 5.91 Å². The summed E-state index contributed by atoms with van der Waals surface area (Å²) < 4.78 is 0. The monoisotopic (exact) mass is 315 g/mol. The lowest BCUT2D eigenvalue weighted by molar-refractivity contribution is -0.122. The number of hydrogen-bond acceptors (Lipinski definition) is 3. The number of rotatable bonds is 5. The predicted octanol–water partition coefficient (Wildman–Crippen LogP) is 2.28. The highest BCUT2D eigenvalue weighted by Gasteiger charge is 2.31. The Morgan fingerprint density at radius 3 is 2.78 bits per heavy atom. The lowest BCUT2D eigenvalue weighted by atomic mass is 9.99. The molecule has 3 rings (SSSR count). The van der Waals surface area contributed by atoms with E-state index in [0.717, 1.165) is 32.4 Å². The van der Waals surface area contributed by atoms with Crippen LogP contribution >= 0.6 is 0 Å². The maximum atomic E-state index is 12.3. The van der Waals surface area contributed by atoms with Crippen LogP contribution in [0.3, 0.4) is 0 Å². The summed E-state index contributed by atoms with van der Waals surface area (Å²) in [6.45, 7) is 4.16. The van der Waals surface area contributed by atoms with Crippen molar-refractivity contribution >= 4 is 5.91 Å². The number of likely N-dealkylation sites (tertiary alicyclic amines) is 1. The zero-order valence-electron chi connectivity index (χ0n) is 14.1. The summed E-state index contributed by atoms with van der Waals surface area (Å²) >= 11 is 0. The zero-order chi connectivity index (χ0) is 16.2. The number of nitrogens with zero attached hydrogens (tertiary/aromatic N) is 1. The molecule has 4 atom stereocenters. The van der Waals surface area contributed by atoms with E-state index in [2.05, 4.69) is 41.4 Å². The molecule has 2 aliphatic rings. The van der Waals surface area contributed by atoms with E-state index in [-0.39, 0.29) is 18.0 Å². The van der Waals surface area contributed by atoms with Crippen molar-refractivity contribution in [2.45, 2.75) is 63.7 Å². The second-order valence-corrected chi connectivity index (χ2v) is 7.32. The second kappa shape index (κ2) is 7.45. The lowest BCUT2D eigenvalue weighted by Gasteiger charge is -2.21. The van der Waals surface area contributed by atoms with Crippen LogP contribution in [0.2, 0.25) is 0 Å². The molecule has 1 aliphatic heterocycles. The van der Waals surface area contributed by atoms with Crippen molar-refractivity contribution in [3.63, 3.8) is 0 Å². The van der Waals surface area contributed by atoms with E-state index in [1.54, 1.807) is 0 Å². The molecule has 1 amide bonds. The van der Waals surface area contributed by atoms with Crippen LogP contribution < -0.4 is 11.1 Å². The van der Waals surface area contributed by atoms with Gasteiger partial charge < -0.3 is 11.1 Å². The van der Waals surface area contributed by atoms with E-state index >= 15 is 0 Å². The molecule has 1 saturated heterocycles. The number of nitrogens with two attached hydrogens (primary N) is 1. The van der Waals surface area contributed by atoms with Gasteiger partial charge in [-0.1, -0.05) is 36.8 Å². The largest absolute Gasteiger partial charge is 0.352 e. The van der Waals surface area contributed by atoms with Crippen LogP contribution in [0.1, 0.15) is 44.6 Å². The van der Waals surface area contributed by atoms with Gasteiger partial charge >= 0.3 is 0 Å². The molecular formula is C19H29N3O. The highest BCUT2D eigenvalue weighted by Crippen LogP contribution is 2.27. The average Bonchev–Trinajstić information content (AvgIpc) is 3.07. The van der Waals surface area contributed by atoms with Gasteiger partial charge in [-0.15, -0.1) is 0 Å².